The van der Waals surface area contributed by atoms with Gasteiger partial charge in [-0.1, -0.05) is 58.3 Å². The number of ether oxygens (including phenoxy) is 1. The van der Waals surface area contributed by atoms with E-state index in [4.69, 9.17) is 10.5 Å². The number of rotatable bonds is 8. The van der Waals surface area contributed by atoms with E-state index in [0.29, 0.717) is 6.54 Å². The molecule has 2 nitrogen and oxygen atoms in total. The second kappa shape index (κ2) is 8.93. The molecule has 0 bridgehead atoms. The van der Waals surface area contributed by atoms with Crippen molar-refractivity contribution in [1.82, 2.24) is 0 Å². The van der Waals surface area contributed by atoms with Gasteiger partial charge in [-0.25, -0.2) is 0 Å². The van der Waals surface area contributed by atoms with E-state index in [2.05, 4.69) is 6.92 Å². The highest BCUT2D eigenvalue weighted by atomic mass is 16.5. The Morgan fingerprint density at radius 3 is 2.18 bits per heavy atom. The fourth-order valence-corrected chi connectivity index (χ4v) is 2.77. The van der Waals surface area contributed by atoms with Gasteiger partial charge in [0.25, 0.3) is 0 Å². The summed E-state index contributed by atoms with van der Waals surface area (Å²) in [6.45, 7) is 3.88. The third-order valence-corrected chi connectivity index (χ3v) is 4.04. The second-order valence-electron chi connectivity index (χ2n) is 5.56. The van der Waals surface area contributed by atoms with Gasteiger partial charge in [0.15, 0.2) is 0 Å². The van der Waals surface area contributed by atoms with Crippen LogP contribution in [0.5, 0.6) is 0 Å². The zero-order valence-electron chi connectivity index (χ0n) is 11.7. The summed E-state index contributed by atoms with van der Waals surface area (Å²) in [4.78, 5) is 0. The fourth-order valence-electron chi connectivity index (χ4n) is 2.77. The molecule has 17 heavy (non-hydrogen) atoms. The Morgan fingerprint density at radius 2 is 1.59 bits per heavy atom. The molecule has 0 radical (unpaired) electrons. The molecule has 2 N–H and O–H groups in total. The van der Waals surface area contributed by atoms with Crippen molar-refractivity contribution in [1.29, 1.82) is 0 Å². The Morgan fingerprint density at radius 1 is 0.941 bits per heavy atom. The third-order valence-electron chi connectivity index (χ3n) is 4.04. The maximum absolute atomic E-state index is 6.15. The predicted molar refractivity (Wildman–Crippen MR) is 74.2 cm³/mol. The quantitative estimate of drug-likeness (QED) is 0.514. The van der Waals surface area contributed by atoms with E-state index >= 15 is 0 Å². The molecule has 1 aliphatic rings. The Kier molecular flexibility index (Phi) is 7.87. The Balaban J connectivity index is 2.16. The van der Waals surface area contributed by atoms with Crippen molar-refractivity contribution in [2.75, 3.05) is 13.2 Å². The largest absolute Gasteiger partial charge is 0.374 e. The summed E-state index contributed by atoms with van der Waals surface area (Å²) in [6.07, 6.45) is 14.2. The van der Waals surface area contributed by atoms with Crippen molar-refractivity contribution in [3.8, 4) is 0 Å². The van der Waals surface area contributed by atoms with Crippen molar-refractivity contribution in [2.24, 2.45) is 5.73 Å². The van der Waals surface area contributed by atoms with Crippen LogP contribution in [-0.2, 0) is 4.74 Å². The number of hydrogen-bond donors (Lipinski definition) is 1. The summed E-state index contributed by atoms with van der Waals surface area (Å²) in [5, 5.41) is 0. The first-order chi connectivity index (χ1) is 8.33. The summed E-state index contributed by atoms with van der Waals surface area (Å²) in [5.41, 5.74) is 5.97. The number of unbranched alkanes of at least 4 members (excludes halogenated alkanes) is 4. The van der Waals surface area contributed by atoms with Gasteiger partial charge in [0.1, 0.15) is 0 Å². The summed E-state index contributed by atoms with van der Waals surface area (Å²) in [6, 6.07) is 0. The molecule has 0 aromatic rings. The van der Waals surface area contributed by atoms with Crippen LogP contribution in [0, 0.1) is 0 Å². The molecular formula is C15H31NO. The summed E-state index contributed by atoms with van der Waals surface area (Å²) >= 11 is 0. The first kappa shape index (κ1) is 15.0. The summed E-state index contributed by atoms with van der Waals surface area (Å²) < 4.78 is 6.15. The highest BCUT2D eigenvalue weighted by molar-refractivity contribution is 4.84. The van der Waals surface area contributed by atoms with Crippen LogP contribution in [0.25, 0.3) is 0 Å². The summed E-state index contributed by atoms with van der Waals surface area (Å²) in [7, 11) is 0. The minimum Gasteiger partial charge on any atom is -0.374 e. The van der Waals surface area contributed by atoms with Crippen LogP contribution in [0.4, 0.5) is 0 Å². The van der Waals surface area contributed by atoms with Crippen LogP contribution in [0.15, 0.2) is 0 Å². The normalized spacial score (nSPS) is 20.1. The molecule has 0 atom stereocenters. The zero-order chi connectivity index (χ0) is 12.4. The third kappa shape index (κ3) is 5.87. The molecule has 0 aromatic carbocycles. The van der Waals surface area contributed by atoms with Gasteiger partial charge in [-0.15, -0.1) is 0 Å². The lowest BCUT2D eigenvalue weighted by Crippen LogP contribution is -2.40. The van der Waals surface area contributed by atoms with Gasteiger partial charge < -0.3 is 10.5 Å². The SMILES string of the molecule is CCCCCCCOC1(CN)CCCCCC1. The first-order valence-electron chi connectivity index (χ1n) is 7.67. The lowest BCUT2D eigenvalue weighted by Gasteiger charge is -2.31. The molecule has 0 saturated heterocycles. The first-order valence-corrected chi connectivity index (χ1v) is 7.67. The Labute approximate surface area is 107 Å². The van der Waals surface area contributed by atoms with Crippen LogP contribution in [0.1, 0.15) is 77.6 Å². The van der Waals surface area contributed by atoms with Gasteiger partial charge in [-0.3, -0.25) is 0 Å². The Hall–Kier alpha value is -0.0800. The molecule has 0 aromatic heterocycles. The zero-order valence-corrected chi connectivity index (χ0v) is 11.7. The Bertz CT molecular complexity index is 174. The van der Waals surface area contributed by atoms with Crippen molar-refractivity contribution in [2.45, 2.75) is 83.2 Å². The molecule has 0 spiro atoms. The predicted octanol–water partition coefficient (Wildman–Crippen LogP) is 4.03. The monoisotopic (exact) mass is 241 g/mol. The minimum atomic E-state index is 0.0290. The van der Waals surface area contributed by atoms with E-state index in [1.807, 2.05) is 0 Å². The van der Waals surface area contributed by atoms with Crippen LogP contribution in [0.2, 0.25) is 0 Å². The lowest BCUT2D eigenvalue weighted by atomic mass is 9.94. The molecule has 1 saturated carbocycles. The van der Waals surface area contributed by atoms with Crippen LogP contribution in [-0.4, -0.2) is 18.8 Å². The van der Waals surface area contributed by atoms with E-state index in [1.54, 1.807) is 0 Å². The van der Waals surface area contributed by atoms with Crippen molar-refractivity contribution < 1.29 is 4.74 Å². The second-order valence-corrected chi connectivity index (χ2v) is 5.56. The maximum Gasteiger partial charge on any atom is 0.0804 e. The van der Waals surface area contributed by atoms with Gasteiger partial charge in [0.2, 0.25) is 0 Å². The van der Waals surface area contributed by atoms with E-state index in [9.17, 15) is 0 Å². The molecule has 0 heterocycles. The molecule has 0 amide bonds. The topological polar surface area (TPSA) is 35.2 Å². The van der Waals surface area contributed by atoms with E-state index < -0.39 is 0 Å². The molecular weight excluding hydrogens is 210 g/mol. The summed E-state index contributed by atoms with van der Waals surface area (Å²) in [5.74, 6) is 0. The molecule has 0 aliphatic heterocycles. The van der Waals surface area contributed by atoms with Crippen LogP contribution < -0.4 is 5.73 Å². The maximum atomic E-state index is 6.15. The van der Waals surface area contributed by atoms with Gasteiger partial charge in [-0.2, -0.15) is 0 Å². The van der Waals surface area contributed by atoms with E-state index in [-0.39, 0.29) is 5.60 Å². The van der Waals surface area contributed by atoms with Gasteiger partial charge >= 0.3 is 0 Å². The van der Waals surface area contributed by atoms with E-state index in [1.165, 1.54) is 70.6 Å². The molecule has 1 fully saturated rings. The van der Waals surface area contributed by atoms with Crippen molar-refractivity contribution >= 4 is 0 Å². The van der Waals surface area contributed by atoms with Gasteiger partial charge in [0, 0.05) is 13.2 Å². The minimum absolute atomic E-state index is 0.0290. The molecule has 1 rings (SSSR count). The average Bonchev–Trinajstić information content (AvgIpc) is 2.60. The smallest absolute Gasteiger partial charge is 0.0804 e. The highest BCUT2D eigenvalue weighted by Crippen LogP contribution is 2.29. The van der Waals surface area contributed by atoms with Gasteiger partial charge in [0.05, 0.1) is 5.60 Å². The number of hydrogen-bond acceptors (Lipinski definition) is 2. The van der Waals surface area contributed by atoms with Crippen LogP contribution in [0.3, 0.4) is 0 Å². The average molecular weight is 241 g/mol. The standard InChI is InChI=1S/C15H31NO/c1-2-3-4-7-10-13-17-15(14-16)11-8-5-6-9-12-15/h2-14,16H2,1H3. The molecule has 102 valence electrons. The molecule has 0 unspecified atom stereocenters. The fraction of sp³-hybridized carbons (Fsp3) is 1.00. The molecule has 1 aliphatic carbocycles. The highest BCUT2D eigenvalue weighted by Gasteiger charge is 2.29. The van der Waals surface area contributed by atoms with Gasteiger partial charge in [-0.05, 0) is 19.3 Å². The van der Waals surface area contributed by atoms with E-state index in [0.717, 1.165) is 6.61 Å². The van der Waals surface area contributed by atoms with Crippen molar-refractivity contribution in [3.63, 3.8) is 0 Å². The number of nitrogens with two attached hydrogens (primary N) is 1. The molecule has 2 heteroatoms. The van der Waals surface area contributed by atoms with Crippen LogP contribution >= 0.6 is 0 Å². The lowest BCUT2D eigenvalue weighted by molar-refractivity contribution is -0.0507. The van der Waals surface area contributed by atoms with Crippen molar-refractivity contribution in [3.05, 3.63) is 0 Å².